The molecular weight excluding hydrogens is 401 g/mol. The van der Waals surface area contributed by atoms with Gasteiger partial charge < -0.3 is 14.8 Å². The Kier molecular flexibility index (Phi) is 6.04. The molecule has 2 heterocycles. The van der Waals surface area contributed by atoms with E-state index in [-0.39, 0.29) is 17.6 Å². The molecular formula is C24H24FNO3S. The summed E-state index contributed by atoms with van der Waals surface area (Å²) in [6, 6.07) is 12.3. The van der Waals surface area contributed by atoms with Crippen LogP contribution in [-0.2, 0) is 4.79 Å². The number of ether oxygens (including phenoxy) is 2. The average molecular weight is 426 g/mol. The lowest BCUT2D eigenvalue weighted by atomic mass is 9.89. The predicted molar refractivity (Wildman–Crippen MR) is 118 cm³/mol. The van der Waals surface area contributed by atoms with Crippen LogP contribution in [0.15, 0.2) is 47.8 Å². The second kappa shape index (κ2) is 8.88. The van der Waals surface area contributed by atoms with Gasteiger partial charge in [-0.3, -0.25) is 4.79 Å². The zero-order chi connectivity index (χ0) is 21.1. The minimum Gasteiger partial charge on any atom is -0.490 e. The first-order valence-electron chi connectivity index (χ1n) is 10.2. The number of fused-ring (bicyclic) bond motifs is 1. The molecule has 1 aromatic heterocycles. The van der Waals surface area contributed by atoms with Gasteiger partial charge in [-0.1, -0.05) is 25.1 Å². The molecule has 4 nitrogen and oxygen atoms in total. The predicted octanol–water partition coefficient (Wildman–Crippen LogP) is 6.22. The SMILES string of the molecule is CCCOc1ccc([C@@H]2CC(=O)Nc3c(-c4cccc(F)c4)csc32)cc1OCC. The zero-order valence-corrected chi connectivity index (χ0v) is 17.9. The van der Waals surface area contributed by atoms with Gasteiger partial charge in [-0.25, -0.2) is 4.39 Å². The summed E-state index contributed by atoms with van der Waals surface area (Å²) in [7, 11) is 0. The van der Waals surface area contributed by atoms with E-state index in [2.05, 4.69) is 12.2 Å². The lowest BCUT2D eigenvalue weighted by molar-refractivity contribution is -0.116. The van der Waals surface area contributed by atoms with Gasteiger partial charge in [-0.2, -0.15) is 0 Å². The monoisotopic (exact) mass is 425 g/mol. The third-order valence-electron chi connectivity index (χ3n) is 5.06. The summed E-state index contributed by atoms with van der Waals surface area (Å²) in [5, 5.41) is 4.98. The molecule has 0 bridgehead atoms. The number of carbonyl (C=O) groups excluding carboxylic acids is 1. The molecule has 1 atom stereocenters. The van der Waals surface area contributed by atoms with E-state index in [1.165, 1.54) is 12.1 Å². The van der Waals surface area contributed by atoms with Gasteiger partial charge in [0.15, 0.2) is 11.5 Å². The highest BCUT2D eigenvalue weighted by molar-refractivity contribution is 7.11. The molecule has 0 saturated heterocycles. The first-order valence-corrected chi connectivity index (χ1v) is 11.0. The lowest BCUT2D eigenvalue weighted by Gasteiger charge is -2.25. The summed E-state index contributed by atoms with van der Waals surface area (Å²) in [6.07, 6.45) is 1.27. The Bertz CT molecular complexity index is 1060. The molecule has 3 aromatic rings. The highest BCUT2D eigenvalue weighted by Gasteiger charge is 2.31. The van der Waals surface area contributed by atoms with Crippen LogP contribution in [-0.4, -0.2) is 19.1 Å². The van der Waals surface area contributed by atoms with Crippen molar-refractivity contribution in [2.24, 2.45) is 0 Å². The summed E-state index contributed by atoms with van der Waals surface area (Å²) >= 11 is 1.59. The Hall–Kier alpha value is -2.86. The summed E-state index contributed by atoms with van der Waals surface area (Å²) in [6.45, 7) is 5.15. The number of amides is 1. The van der Waals surface area contributed by atoms with Gasteiger partial charge in [0.1, 0.15) is 5.82 Å². The fourth-order valence-electron chi connectivity index (χ4n) is 3.71. The molecule has 2 aromatic carbocycles. The van der Waals surface area contributed by atoms with Crippen LogP contribution in [0.25, 0.3) is 11.1 Å². The number of benzene rings is 2. The van der Waals surface area contributed by atoms with Crippen LogP contribution in [0.1, 0.15) is 43.0 Å². The third kappa shape index (κ3) is 4.05. The van der Waals surface area contributed by atoms with Crippen molar-refractivity contribution in [2.45, 2.75) is 32.6 Å². The van der Waals surface area contributed by atoms with Crippen LogP contribution in [0.2, 0.25) is 0 Å². The Morgan fingerprint density at radius 3 is 2.77 bits per heavy atom. The molecule has 0 aliphatic carbocycles. The van der Waals surface area contributed by atoms with Crippen LogP contribution in [0.3, 0.4) is 0 Å². The first-order chi connectivity index (χ1) is 14.6. The van der Waals surface area contributed by atoms with E-state index in [0.717, 1.165) is 39.4 Å². The quantitative estimate of drug-likeness (QED) is 0.489. The fourth-order valence-corrected chi connectivity index (χ4v) is 4.87. The first kappa shape index (κ1) is 20.4. The lowest BCUT2D eigenvalue weighted by Crippen LogP contribution is -2.22. The highest BCUT2D eigenvalue weighted by atomic mass is 32.1. The Morgan fingerprint density at radius 1 is 1.13 bits per heavy atom. The van der Waals surface area contributed by atoms with Crippen molar-refractivity contribution >= 4 is 22.9 Å². The van der Waals surface area contributed by atoms with E-state index in [1.807, 2.05) is 36.6 Å². The summed E-state index contributed by atoms with van der Waals surface area (Å²) in [5.74, 6) is 0.982. The van der Waals surface area contributed by atoms with Crippen molar-refractivity contribution in [1.82, 2.24) is 0 Å². The van der Waals surface area contributed by atoms with Gasteiger partial charge in [0.2, 0.25) is 5.91 Å². The Balaban J connectivity index is 1.73. The van der Waals surface area contributed by atoms with E-state index in [0.29, 0.717) is 25.4 Å². The molecule has 1 N–H and O–H groups in total. The van der Waals surface area contributed by atoms with E-state index in [9.17, 15) is 9.18 Å². The van der Waals surface area contributed by atoms with Crippen molar-refractivity contribution < 1.29 is 18.7 Å². The molecule has 1 aliphatic heterocycles. The van der Waals surface area contributed by atoms with Crippen molar-refractivity contribution in [2.75, 3.05) is 18.5 Å². The zero-order valence-electron chi connectivity index (χ0n) is 17.0. The molecule has 6 heteroatoms. The van der Waals surface area contributed by atoms with Crippen molar-refractivity contribution in [3.05, 3.63) is 64.1 Å². The molecule has 156 valence electrons. The van der Waals surface area contributed by atoms with E-state index >= 15 is 0 Å². The van der Waals surface area contributed by atoms with Crippen molar-refractivity contribution in [3.63, 3.8) is 0 Å². The number of thiophene rings is 1. The number of nitrogens with one attached hydrogen (secondary N) is 1. The smallest absolute Gasteiger partial charge is 0.225 e. The second-order valence-electron chi connectivity index (χ2n) is 7.19. The molecule has 0 radical (unpaired) electrons. The number of carbonyl (C=O) groups is 1. The molecule has 30 heavy (non-hydrogen) atoms. The van der Waals surface area contributed by atoms with E-state index < -0.39 is 0 Å². The molecule has 0 unspecified atom stereocenters. The van der Waals surface area contributed by atoms with Gasteiger partial charge in [-0.05, 0) is 48.7 Å². The molecule has 0 spiro atoms. The normalized spacial score (nSPS) is 15.4. The third-order valence-corrected chi connectivity index (χ3v) is 6.15. The standard InChI is InChI=1S/C24H24FNO3S/c1-3-10-29-20-9-8-16(12-21(20)28-4-2)18-13-22(27)26-23-19(14-30-24(18)23)15-6-5-7-17(25)11-15/h5-9,11-12,14,18H,3-4,10,13H2,1-2H3,(H,26,27)/t18-/m0/s1. The molecule has 0 fully saturated rings. The van der Waals surface area contributed by atoms with Gasteiger partial charge >= 0.3 is 0 Å². The molecule has 0 saturated carbocycles. The van der Waals surface area contributed by atoms with Gasteiger partial charge in [0, 0.05) is 28.2 Å². The summed E-state index contributed by atoms with van der Waals surface area (Å²) in [5.41, 5.74) is 3.38. The van der Waals surface area contributed by atoms with Crippen LogP contribution in [0, 0.1) is 5.82 Å². The van der Waals surface area contributed by atoms with Gasteiger partial charge in [-0.15, -0.1) is 11.3 Å². The van der Waals surface area contributed by atoms with Crippen molar-refractivity contribution in [3.8, 4) is 22.6 Å². The maximum atomic E-state index is 13.7. The maximum Gasteiger partial charge on any atom is 0.225 e. The minimum absolute atomic E-state index is 0.0483. The Labute approximate surface area is 179 Å². The average Bonchev–Trinajstić information content (AvgIpc) is 3.16. The maximum absolute atomic E-state index is 13.7. The number of anilines is 1. The number of hydrogen-bond acceptors (Lipinski definition) is 4. The second-order valence-corrected chi connectivity index (χ2v) is 8.10. The molecule has 1 aliphatic rings. The molecule has 4 rings (SSSR count). The van der Waals surface area contributed by atoms with Crippen LogP contribution in [0.5, 0.6) is 11.5 Å². The minimum atomic E-state index is -0.296. The summed E-state index contributed by atoms with van der Waals surface area (Å²) in [4.78, 5) is 13.6. The van der Waals surface area contributed by atoms with E-state index in [1.54, 1.807) is 17.4 Å². The number of hydrogen-bond donors (Lipinski definition) is 1. The Morgan fingerprint density at radius 2 is 2.00 bits per heavy atom. The molecule has 1 amide bonds. The van der Waals surface area contributed by atoms with Crippen LogP contribution >= 0.6 is 11.3 Å². The number of rotatable bonds is 7. The highest BCUT2D eigenvalue weighted by Crippen LogP contribution is 2.47. The topological polar surface area (TPSA) is 47.6 Å². The fraction of sp³-hybridized carbons (Fsp3) is 0.292. The van der Waals surface area contributed by atoms with E-state index in [4.69, 9.17) is 9.47 Å². The number of halogens is 1. The van der Waals surface area contributed by atoms with Crippen LogP contribution < -0.4 is 14.8 Å². The van der Waals surface area contributed by atoms with Crippen molar-refractivity contribution in [1.29, 1.82) is 0 Å². The largest absolute Gasteiger partial charge is 0.490 e. The van der Waals surface area contributed by atoms with Crippen LogP contribution in [0.4, 0.5) is 10.1 Å². The van der Waals surface area contributed by atoms with Gasteiger partial charge in [0.05, 0.1) is 18.9 Å². The van der Waals surface area contributed by atoms with Gasteiger partial charge in [0.25, 0.3) is 0 Å². The summed E-state index contributed by atoms with van der Waals surface area (Å²) < 4.78 is 25.4.